The minimum atomic E-state index is -3.03. The van der Waals surface area contributed by atoms with Gasteiger partial charge in [-0.25, -0.2) is 13.1 Å². The summed E-state index contributed by atoms with van der Waals surface area (Å²) in [4.78, 5) is 14.5. The molecule has 1 amide bonds. The van der Waals surface area contributed by atoms with E-state index in [0.717, 1.165) is 29.1 Å². The zero-order valence-electron chi connectivity index (χ0n) is 16.6. The molecule has 1 saturated heterocycles. The molecule has 2 aromatic rings. The number of para-hydroxylation sites is 1. The van der Waals surface area contributed by atoms with Crippen molar-refractivity contribution in [1.29, 1.82) is 0 Å². The molecule has 1 atom stereocenters. The molecule has 0 bridgehead atoms. The van der Waals surface area contributed by atoms with Gasteiger partial charge < -0.3 is 4.90 Å². The van der Waals surface area contributed by atoms with Crippen LogP contribution in [0.4, 0.5) is 0 Å². The van der Waals surface area contributed by atoms with Crippen molar-refractivity contribution in [2.24, 2.45) is 0 Å². The molecule has 1 aromatic carbocycles. The Morgan fingerprint density at radius 3 is 2.61 bits per heavy atom. The van der Waals surface area contributed by atoms with E-state index in [0.29, 0.717) is 13.0 Å². The van der Waals surface area contributed by atoms with Crippen LogP contribution >= 0.6 is 0 Å². The zero-order valence-corrected chi connectivity index (χ0v) is 17.4. The first-order valence-electron chi connectivity index (χ1n) is 9.63. The summed E-state index contributed by atoms with van der Waals surface area (Å²) in [6, 6.07) is 9.63. The van der Waals surface area contributed by atoms with Crippen LogP contribution in [0.1, 0.15) is 36.7 Å². The predicted octanol–water partition coefficient (Wildman–Crippen LogP) is 2.93. The van der Waals surface area contributed by atoms with Crippen molar-refractivity contribution in [2.45, 2.75) is 39.7 Å². The van der Waals surface area contributed by atoms with Crippen molar-refractivity contribution in [3.8, 4) is 5.69 Å². The molecule has 0 radical (unpaired) electrons. The van der Waals surface area contributed by atoms with Crippen LogP contribution < -0.4 is 0 Å². The van der Waals surface area contributed by atoms with Crippen molar-refractivity contribution < 1.29 is 13.2 Å². The molecule has 7 heteroatoms. The summed E-state index contributed by atoms with van der Waals surface area (Å²) >= 11 is 0. The lowest BCUT2D eigenvalue weighted by molar-refractivity contribution is -0.127. The fraction of sp³-hybridized carbons (Fsp3) is 0.429. The number of rotatable bonds is 6. The predicted molar refractivity (Wildman–Crippen MR) is 111 cm³/mol. The molecular formula is C21H27N3O3S. The average Bonchev–Trinajstić information content (AvgIpc) is 3.17. The maximum atomic E-state index is 12.8. The van der Waals surface area contributed by atoms with Crippen LogP contribution in [-0.2, 0) is 14.6 Å². The number of benzene rings is 1. The third-order valence-corrected chi connectivity index (χ3v) is 6.89. The minimum Gasteiger partial charge on any atom is -0.335 e. The van der Waals surface area contributed by atoms with E-state index in [2.05, 4.69) is 5.10 Å². The second kappa shape index (κ2) is 8.31. The van der Waals surface area contributed by atoms with Crippen molar-refractivity contribution in [3.05, 3.63) is 53.4 Å². The topological polar surface area (TPSA) is 72.3 Å². The van der Waals surface area contributed by atoms with Gasteiger partial charge in [0.25, 0.3) is 0 Å². The third kappa shape index (κ3) is 4.35. The molecule has 1 unspecified atom stereocenters. The van der Waals surface area contributed by atoms with Gasteiger partial charge in [0.2, 0.25) is 5.91 Å². The number of hydrogen-bond donors (Lipinski definition) is 0. The van der Waals surface area contributed by atoms with Crippen molar-refractivity contribution >= 4 is 21.8 Å². The van der Waals surface area contributed by atoms with Crippen LogP contribution in [0.15, 0.2) is 36.4 Å². The van der Waals surface area contributed by atoms with E-state index >= 15 is 0 Å². The second-order valence-corrected chi connectivity index (χ2v) is 9.48. The highest BCUT2D eigenvalue weighted by molar-refractivity contribution is 7.91. The maximum absolute atomic E-state index is 12.8. The SMILES string of the molecule is CCCN(C(=O)/C=C/c1c(C)nn(-c2ccccc2)c1C)C1CCS(=O)(=O)C1. The minimum absolute atomic E-state index is 0.0660. The Morgan fingerprint density at radius 2 is 2.00 bits per heavy atom. The molecule has 150 valence electrons. The Bertz CT molecular complexity index is 978. The zero-order chi connectivity index (χ0) is 20.3. The monoisotopic (exact) mass is 401 g/mol. The number of carbonyl (C=O) groups is 1. The molecule has 1 aromatic heterocycles. The van der Waals surface area contributed by atoms with E-state index in [9.17, 15) is 13.2 Å². The van der Waals surface area contributed by atoms with Crippen LogP contribution in [0, 0.1) is 13.8 Å². The molecule has 28 heavy (non-hydrogen) atoms. The van der Waals surface area contributed by atoms with Gasteiger partial charge in [-0.3, -0.25) is 4.79 Å². The Morgan fingerprint density at radius 1 is 1.29 bits per heavy atom. The summed E-state index contributed by atoms with van der Waals surface area (Å²) in [5.41, 5.74) is 3.68. The highest BCUT2D eigenvalue weighted by atomic mass is 32.2. The molecule has 0 saturated carbocycles. The smallest absolute Gasteiger partial charge is 0.246 e. The molecule has 0 spiro atoms. The molecule has 2 heterocycles. The van der Waals surface area contributed by atoms with Crippen molar-refractivity contribution in [1.82, 2.24) is 14.7 Å². The highest BCUT2D eigenvalue weighted by Gasteiger charge is 2.33. The number of hydrogen-bond acceptors (Lipinski definition) is 4. The Balaban J connectivity index is 1.82. The van der Waals surface area contributed by atoms with E-state index in [-0.39, 0.29) is 23.5 Å². The summed E-state index contributed by atoms with van der Waals surface area (Å²) < 4.78 is 25.5. The molecule has 1 fully saturated rings. The lowest BCUT2D eigenvalue weighted by Crippen LogP contribution is -2.40. The number of aromatic nitrogens is 2. The van der Waals surface area contributed by atoms with E-state index < -0.39 is 9.84 Å². The van der Waals surface area contributed by atoms with Crippen molar-refractivity contribution in [3.63, 3.8) is 0 Å². The Hall–Kier alpha value is -2.41. The lowest BCUT2D eigenvalue weighted by Gasteiger charge is -2.26. The molecule has 0 N–H and O–H groups in total. The molecule has 1 aliphatic rings. The summed E-state index contributed by atoms with van der Waals surface area (Å²) in [6.07, 6.45) is 4.66. The first kappa shape index (κ1) is 20.3. The van der Waals surface area contributed by atoms with Gasteiger partial charge in [-0.1, -0.05) is 25.1 Å². The van der Waals surface area contributed by atoms with E-state index in [1.54, 1.807) is 17.1 Å². The highest BCUT2D eigenvalue weighted by Crippen LogP contribution is 2.21. The van der Waals surface area contributed by atoms with Gasteiger partial charge in [-0.15, -0.1) is 0 Å². The van der Waals surface area contributed by atoms with E-state index in [1.807, 2.05) is 55.8 Å². The third-order valence-electron chi connectivity index (χ3n) is 5.14. The van der Waals surface area contributed by atoms with Crippen LogP contribution in [0.5, 0.6) is 0 Å². The molecule has 0 aliphatic carbocycles. The molecule has 1 aliphatic heterocycles. The number of sulfone groups is 1. The van der Waals surface area contributed by atoms with Gasteiger partial charge in [0.15, 0.2) is 9.84 Å². The molecular weight excluding hydrogens is 374 g/mol. The van der Waals surface area contributed by atoms with Gasteiger partial charge >= 0.3 is 0 Å². The average molecular weight is 402 g/mol. The van der Waals surface area contributed by atoms with Gasteiger partial charge in [0.1, 0.15) is 0 Å². The molecule has 6 nitrogen and oxygen atoms in total. The van der Waals surface area contributed by atoms with Gasteiger partial charge in [-0.05, 0) is 44.9 Å². The Kier molecular flexibility index (Phi) is 6.03. The number of carbonyl (C=O) groups excluding carboxylic acids is 1. The maximum Gasteiger partial charge on any atom is 0.246 e. The van der Waals surface area contributed by atoms with Crippen molar-refractivity contribution in [2.75, 3.05) is 18.1 Å². The van der Waals surface area contributed by atoms with E-state index in [4.69, 9.17) is 0 Å². The number of aryl methyl sites for hydroxylation is 1. The first-order valence-corrected chi connectivity index (χ1v) is 11.4. The fourth-order valence-corrected chi connectivity index (χ4v) is 5.43. The van der Waals surface area contributed by atoms with Crippen LogP contribution in [-0.4, -0.2) is 53.1 Å². The largest absolute Gasteiger partial charge is 0.335 e. The molecule has 3 rings (SSSR count). The van der Waals surface area contributed by atoms with Gasteiger partial charge in [0, 0.05) is 29.9 Å². The fourth-order valence-electron chi connectivity index (χ4n) is 3.70. The quantitative estimate of drug-likeness (QED) is 0.698. The van der Waals surface area contributed by atoms with E-state index in [1.165, 1.54) is 0 Å². The van der Waals surface area contributed by atoms with Crippen LogP contribution in [0.25, 0.3) is 11.8 Å². The number of nitrogens with zero attached hydrogens (tertiary/aromatic N) is 3. The number of amides is 1. The first-order chi connectivity index (χ1) is 13.3. The standard InChI is InChI=1S/C21H27N3O3S/c1-4-13-23(19-12-14-28(26,27)15-19)21(25)11-10-20-16(2)22-24(17(20)3)18-8-6-5-7-9-18/h5-11,19H,4,12-15H2,1-3H3/b11-10+. The summed E-state index contributed by atoms with van der Waals surface area (Å²) in [5.74, 6) is 0.0864. The van der Waals surface area contributed by atoms with Gasteiger partial charge in [0.05, 0.1) is 22.9 Å². The lowest BCUT2D eigenvalue weighted by atomic mass is 10.1. The Labute approximate surface area is 166 Å². The van der Waals surface area contributed by atoms with Crippen LogP contribution in [0.2, 0.25) is 0 Å². The summed E-state index contributed by atoms with van der Waals surface area (Å²) in [6.45, 7) is 6.45. The van der Waals surface area contributed by atoms with Crippen LogP contribution in [0.3, 0.4) is 0 Å². The van der Waals surface area contributed by atoms with Gasteiger partial charge in [-0.2, -0.15) is 5.10 Å². The summed E-state index contributed by atoms with van der Waals surface area (Å²) in [7, 11) is -3.03. The second-order valence-electron chi connectivity index (χ2n) is 7.25. The normalized spacial score (nSPS) is 18.6. The summed E-state index contributed by atoms with van der Waals surface area (Å²) in [5, 5.41) is 4.60.